The molecule has 4 nitrogen and oxygen atoms in total. The van der Waals surface area contributed by atoms with Crippen LogP contribution in [0, 0.1) is 0 Å². The van der Waals surface area contributed by atoms with Gasteiger partial charge in [-0.2, -0.15) is 0 Å². The van der Waals surface area contributed by atoms with Crippen molar-refractivity contribution in [1.82, 2.24) is 0 Å². The number of carbonyl (C=O) groups excluding carboxylic acids is 2. The van der Waals surface area contributed by atoms with Crippen LogP contribution < -0.4 is 0 Å². The summed E-state index contributed by atoms with van der Waals surface area (Å²) < 4.78 is 5.23. The second-order valence-electron chi connectivity index (χ2n) is 4.68. The molecule has 1 atom stereocenters. The molecule has 1 aliphatic rings. The fourth-order valence-corrected chi connectivity index (χ4v) is 1.89. The van der Waals surface area contributed by atoms with Gasteiger partial charge in [0.05, 0.1) is 6.61 Å². The smallest absolute Gasteiger partial charge is 0.334 e. The van der Waals surface area contributed by atoms with Gasteiger partial charge in [0.1, 0.15) is 12.4 Å². The first kappa shape index (κ1) is 15.4. The van der Waals surface area contributed by atoms with E-state index < -0.39 is 0 Å². The number of esters is 1. The van der Waals surface area contributed by atoms with Gasteiger partial charge in [-0.1, -0.05) is 17.7 Å². The van der Waals surface area contributed by atoms with Crippen molar-refractivity contribution in [1.29, 1.82) is 0 Å². The molecule has 0 aliphatic carbocycles. The summed E-state index contributed by atoms with van der Waals surface area (Å²) in [4.78, 5) is 22.0. The van der Waals surface area contributed by atoms with Crippen molar-refractivity contribution in [2.24, 2.45) is 0 Å². The molecule has 0 saturated heterocycles. The minimum atomic E-state index is -0.279. The van der Waals surface area contributed by atoms with Gasteiger partial charge in [0, 0.05) is 12.0 Å². The zero-order chi connectivity index (χ0) is 14.3. The topological polar surface area (TPSA) is 63.6 Å². The van der Waals surface area contributed by atoms with Gasteiger partial charge < -0.3 is 9.84 Å². The highest BCUT2D eigenvalue weighted by atomic mass is 16.5. The minimum absolute atomic E-state index is 0.00115. The molecule has 1 heterocycles. The summed E-state index contributed by atoms with van der Waals surface area (Å²) in [6, 6.07) is 0. The molecule has 0 bridgehead atoms. The number of hydrogen-bond acceptors (Lipinski definition) is 4. The minimum Gasteiger partial charge on any atom is -0.454 e. The molecule has 0 fully saturated rings. The maximum Gasteiger partial charge on any atom is 0.334 e. The molecule has 0 aromatic heterocycles. The average Bonchev–Trinajstić information content (AvgIpc) is 2.69. The van der Waals surface area contributed by atoms with Crippen LogP contribution in [0.4, 0.5) is 0 Å². The quantitative estimate of drug-likeness (QED) is 0.331. The first-order chi connectivity index (χ1) is 9.06. The Morgan fingerprint density at radius 1 is 1.42 bits per heavy atom. The Bertz CT molecular complexity index is 429. The van der Waals surface area contributed by atoms with Crippen LogP contribution >= 0.6 is 0 Å². The van der Waals surface area contributed by atoms with Crippen LogP contribution in [-0.4, -0.2) is 30.1 Å². The Kier molecular flexibility index (Phi) is 6.22. The van der Waals surface area contributed by atoms with Crippen LogP contribution in [0.5, 0.6) is 0 Å². The molecule has 104 valence electrons. The molecular formula is C15H20O4. The number of hydrogen-bond donors (Lipinski definition) is 1. The van der Waals surface area contributed by atoms with Crippen LogP contribution in [-0.2, 0) is 14.3 Å². The molecule has 1 aliphatic heterocycles. The van der Waals surface area contributed by atoms with Gasteiger partial charge in [-0.3, -0.25) is 4.79 Å². The third-order valence-electron chi connectivity index (χ3n) is 2.94. The second kappa shape index (κ2) is 7.69. The first-order valence-corrected chi connectivity index (χ1v) is 6.37. The van der Waals surface area contributed by atoms with Crippen LogP contribution in [0.25, 0.3) is 0 Å². The molecule has 1 rings (SSSR count). The number of rotatable bonds is 7. The summed E-state index contributed by atoms with van der Waals surface area (Å²) in [5.41, 5.74) is 2.33. The van der Waals surface area contributed by atoms with E-state index in [1.165, 1.54) is 0 Å². The van der Waals surface area contributed by atoms with E-state index in [2.05, 4.69) is 0 Å². The SMILES string of the molecule is C/C(C=O)=C\CCC1=CC(C/C(C)=C/CO)OC1=O. The monoisotopic (exact) mass is 264 g/mol. The van der Waals surface area contributed by atoms with E-state index in [0.29, 0.717) is 30.4 Å². The fraction of sp³-hybridized carbons (Fsp3) is 0.467. The van der Waals surface area contributed by atoms with Gasteiger partial charge in [0.15, 0.2) is 0 Å². The second-order valence-corrected chi connectivity index (χ2v) is 4.68. The molecule has 0 amide bonds. The van der Waals surface area contributed by atoms with E-state index in [1.807, 2.05) is 19.1 Å². The van der Waals surface area contributed by atoms with E-state index in [4.69, 9.17) is 9.84 Å². The molecule has 0 aromatic carbocycles. The van der Waals surface area contributed by atoms with Gasteiger partial charge in [0.25, 0.3) is 0 Å². The first-order valence-electron chi connectivity index (χ1n) is 6.37. The summed E-state index contributed by atoms with van der Waals surface area (Å²) in [5, 5.41) is 8.77. The average molecular weight is 264 g/mol. The highest BCUT2D eigenvalue weighted by Gasteiger charge is 2.24. The Labute approximate surface area is 113 Å². The largest absolute Gasteiger partial charge is 0.454 e. The maximum absolute atomic E-state index is 11.6. The lowest BCUT2D eigenvalue weighted by atomic mass is 10.1. The van der Waals surface area contributed by atoms with Crippen LogP contribution in [0.3, 0.4) is 0 Å². The molecule has 1 unspecified atom stereocenters. The lowest BCUT2D eigenvalue weighted by Gasteiger charge is -2.07. The lowest BCUT2D eigenvalue weighted by molar-refractivity contribution is -0.139. The zero-order valence-corrected chi connectivity index (χ0v) is 11.4. The molecule has 0 radical (unpaired) electrons. The standard InChI is InChI=1S/C15H20O4/c1-11(6-7-16)8-14-9-13(15(18)19-14)5-3-4-12(2)10-17/h4,6,9-10,14,16H,3,5,7-8H2,1-2H3/b11-6+,12-4+. The Morgan fingerprint density at radius 2 is 2.16 bits per heavy atom. The Hall–Kier alpha value is -1.68. The van der Waals surface area contributed by atoms with Crippen molar-refractivity contribution in [3.8, 4) is 0 Å². The number of aliphatic hydroxyl groups excluding tert-OH is 1. The Morgan fingerprint density at radius 3 is 2.79 bits per heavy atom. The van der Waals surface area contributed by atoms with Crippen LogP contribution in [0.15, 0.2) is 34.9 Å². The van der Waals surface area contributed by atoms with Crippen molar-refractivity contribution in [2.45, 2.75) is 39.2 Å². The highest BCUT2D eigenvalue weighted by Crippen LogP contribution is 2.22. The molecule has 0 spiro atoms. The van der Waals surface area contributed by atoms with Crippen LogP contribution in [0.1, 0.15) is 33.1 Å². The fourth-order valence-electron chi connectivity index (χ4n) is 1.89. The molecule has 0 saturated carbocycles. The van der Waals surface area contributed by atoms with Crippen molar-refractivity contribution in [2.75, 3.05) is 6.61 Å². The number of allylic oxidation sites excluding steroid dienone is 2. The normalized spacial score (nSPS) is 20.3. The third-order valence-corrected chi connectivity index (χ3v) is 2.94. The van der Waals surface area contributed by atoms with Gasteiger partial charge in [-0.25, -0.2) is 4.79 Å². The number of cyclic esters (lactones) is 1. The van der Waals surface area contributed by atoms with E-state index in [1.54, 1.807) is 13.0 Å². The maximum atomic E-state index is 11.6. The van der Waals surface area contributed by atoms with E-state index in [9.17, 15) is 9.59 Å². The van der Waals surface area contributed by atoms with Gasteiger partial charge in [-0.15, -0.1) is 0 Å². The van der Waals surface area contributed by atoms with Crippen molar-refractivity contribution < 1.29 is 19.4 Å². The summed E-state index contributed by atoms with van der Waals surface area (Å²) in [7, 11) is 0. The molecular weight excluding hydrogens is 244 g/mol. The van der Waals surface area contributed by atoms with Crippen molar-refractivity contribution >= 4 is 12.3 Å². The number of ether oxygens (including phenoxy) is 1. The van der Waals surface area contributed by atoms with Gasteiger partial charge in [0.2, 0.25) is 0 Å². The number of aliphatic hydroxyl groups is 1. The molecule has 4 heteroatoms. The zero-order valence-electron chi connectivity index (χ0n) is 11.4. The molecule has 1 N–H and O–H groups in total. The third kappa shape index (κ3) is 5.22. The summed E-state index contributed by atoms with van der Waals surface area (Å²) in [5.74, 6) is -0.279. The lowest BCUT2D eigenvalue weighted by Crippen LogP contribution is -2.08. The summed E-state index contributed by atoms with van der Waals surface area (Å²) in [6.07, 6.45) is 7.77. The van der Waals surface area contributed by atoms with Gasteiger partial charge >= 0.3 is 5.97 Å². The summed E-state index contributed by atoms with van der Waals surface area (Å²) in [6.45, 7) is 3.63. The van der Waals surface area contributed by atoms with Crippen molar-refractivity contribution in [3.05, 3.63) is 34.9 Å². The number of aldehydes is 1. The predicted octanol–water partition coefficient (Wildman–Crippen LogP) is 2.09. The predicted molar refractivity (Wildman–Crippen MR) is 72.5 cm³/mol. The van der Waals surface area contributed by atoms with Crippen molar-refractivity contribution in [3.63, 3.8) is 0 Å². The summed E-state index contributed by atoms with van der Waals surface area (Å²) >= 11 is 0. The van der Waals surface area contributed by atoms with E-state index in [0.717, 1.165) is 11.9 Å². The van der Waals surface area contributed by atoms with Crippen LogP contribution in [0.2, 0.25) is 0 Å². The van der Waals surface area contributed by atoms with E-state index >= 15 is 0 Å². The molecule has 19 heavy (non-hydrogen) atoms. The number of carbonyl (C=O) groups is 2. The Balaban J connectivity index is 2.52. The van der Waals surface area contributed by atoms with Gasteiger partial charge in [-0.05, 0) is 38.3 Å². The highest BCUT2D eigenvalue weighted by molar-refractivity contribution is 5.90. The molecule has 0 aromatic rings. The van der Waals surface area contributed by atoms with E-state index in [-0.39, 0.29) is 18.7 Å².